The van der Waals surface area contributed by atoms with Gasteiger partial charge in [-0.1, -0.05) is 26.8 Å². The summed E-state index contributed by atoms with van der Waals surface area (Å²) in [7, 11) is 0. The molecule has 5 heteroatoms. The predicted molar refractivity (Wildman–Crippen MR) is 83.6 cm³/mol. The van der Waals surface area contributed by atoms with Gasteiger partial charge in [-0.25, -0.2) is 4.98 Å². The second kappa shape index (κ2) is 5.99. The molecule has 4 nitrogen and oxygen atoms in total. The number of nitrogens with two attached hydrogens (primary N) is 1. The second-order valence-electron chi connectivity index (χ2n) is 6.10. The molecule has 0 fully saturated rings. The third-order valence-electron chi connectivity index (χ3n) is 3.20. The van der Waals surface area contributed by atoms with E-state index in [2.05, 4.69) is 42.6 Å². The Hall–Kier alpha value is -1.30. The lowest BCUT2D eigenvalue weighted by molar-refractivity contribution is 0.539. The van der Waals surface area contributed by atoms with Gasteiger partial charge in [0.15, 0.2) is 0 Å². The van der Waals surface area contributed by atoms with Crippen molar-refractivity contribution in [1.29, 1.82) is 0 Å². The zero-order chi connectivity index (χ0) is 14.8. The maximum Gasteiger partial charge on any atom is 0.0948 e. The molecular formula is C15H22N4S. The molecule has 1 atom stereocenters. The normalized spacial score (nSPS) is 13.4. The lowest BCUT2D eigenvalue weighted by Crippen LogP contribution is -2.29. The second-order valence-corrected chi connectivity index (χ2v) is 7.04. The van der Waals surface area contributed by atoms with E-state index in [0.717, 1.165) is 28.2 Å². The van der Waals surface area contributed by atoms with Gasteiger partial charge in [0.25, 0.3) is 0 Å². The Morgan fingerprint density at radius 2 is 2.10 bits per heavy atom. The highest BCUT2D eigenvalue weighted by Crippen LogP contribution is 2.26. The molecule has 0 aliphatic rings. The summed E-state index contributed by atoms with van der Waals surface area (Å²) in [4.78, 5) is 8.95. The molecule has 1 unspecified atom stereocenters. The highest BCUT2D eigenvalue weighted by Gasteiger charge is 2.19. The first-order valence-corrected chi connectivity index (χ1v) is 7.60. The number of pyridine rings is 1. The summed E-state index contributed by atoms with van der Waals surface area (Å²) in [5, 5.41) is 3.23. The van der Waals surface area contributed by atoms with Crippen LogP contribution in [0.15, 0.2) is 23.8 Å². The molecule has 0 spiro atoms. The summed E-state index contributed by atoms with van der Waals surface area (Å²) in [6, 6.07) is 2.15. The third-order valence-corrected chi connectivity index (χ3v) is 4.07. The van der Waals surface area contributed by atoms with Crippen LogP contribution in [0.2, 0.25) is 0 Å². The first-order chi connectivity index (χ1) is 9.40. The van der Waals surface area contributed by atoms with Crippen molar-refractivity contribution < 1.29 is 0 Å². The Labute approximate surface area is 124 Å². The number of aryl methyl sites for hydroxylation is 1. The van der Waals surface area contributed by atoms with Gasteiger partial charge in [0.2, 0.25) is 0 Å². The van der Waals surface area contributed by atoms with Crippen LogP contribution in [0.5, 0.6) is 0 Å². The van der Waals surface area contributed by atoms with E-state index in [9.17, 15) is 0 Å². The van der Waals surface area contributed by atoms with Crippen molar-refractivity contribution in [2.45, 2.75) is 45.6 Å². The number of thiazole rings is 1. The molecule has 2 rings (SSSR count). The van der Waals surface area contributed by atoms with Crippen molar-refractivity contribution in [3.8, 4) is 0 Å². The molecule has 2 aromatic heterocycles. The summed E-state index contributed by atoms with van der Waals surface area (Å²) < 4.78 is 0. The van der Waals surface area contributed by atoms with Crippen molar-refractivity contribution in [2.75, 3.05) is 0 Å². The fourth-order valence-corrected chi connectivity index (χ4v) is 3.03. The molecule has 108 valence electrons. The molecule has 0 aromatic carbocycles. The fraction of sp³-hybridized carbons (Fsp3) is 0.467. The summed E-state index contributed by atoms with van der Waals surface area (Å²) in [5.74, 6) is 5.69. The number of hydrogen-bond donors (Lipinski definition) is 2. The van der Waals surface area contributed by atoms with Crippen LogP contribution in [0.3, 0.4) is 0 Å². The number of aromatic nitrogens is 2. The number of nitrogens with one attached hydrogen (secondary N) is 1. The van der Waals surface area contributed by atoms with E-state index in [-0.39, 0.29) is 11.5 Å². The van der Waals surface area contributed by atoms with E-state index in [1.54, 1.807) is 11.3 Å². The van der Waals surface area contributed by atoms with E-state index in [4.69, 9.17) is 10.8 Å². The van der Waals surface area contributed by atoms with Crippen molar-refractivity contribution >= 4 is 11.3 Å². The van der Waals surface area contributed by atoms with Gasteiger partial charge in [-0.05, 0) is 18.1 Å². The molecule has 0 saturated carbocycles. The van der Waals surface area contributed by atoms with Gasteiger partial charge in [-0.3, -0.25) is 16.3 Å². The smallest absolute Gasteiger partial charge is 0.0948 e. The van der Waals surface area contributed by atoms with Gasteiger partial charge in [0, 0.05) is 29.6 Å². The van der Waals surface area contributed by atoms with Crippen LogP contribution >= 0.6 is 11.3 Å². The Bertz CT molecular complexity index is 571. The van der Waals surface area contributed by atoms with Crippen LogP contribution in [-0.4, -0.2) is 9.97 Å². The first kappa shape index (κ1) is 15.1. The Morgan fingerprint density at radius 1 is 1.35 bits per heavy atom. The van der Waals surface area contributed by atoms with E-state index >= 15 is 0 Å². The minimum Gasteiger partial charge on any atom is -0.271 e. The number of hydrogen-bond acceptors (Lipinski definition) is 5. The molecule has 0 aliphatic heterocycles. The van der Waals surface area contributed by atoms with Gasteiger partial charge >= 0.3 is 0 Å². The molecule has 3 N–H and O–H groups in total. The average molecular weight is 290 g/mol. The average Bonchev–Trinajstić information content (AvgIpc) is 2.84. The van der Waals surface area contributed by atoms with Gasteiger partial charge in [0.05, 0.1) is 16.7 Å². The minimum absolute atomic E-state index is 0.0429. The molecule has 2 heterocycles. The van der Waals surface area contributed by atoms with Crippen LogP contribution in [-0.2, 0) is 11.8 Å². The lowest BCUT2D eigenvalue weighted by Gasteiger charge is -2.16. The molecule has 0 bridgehead atoms. The van der Waals surface area contributed by atoms with Crippen LogP contribution in [0.1, 0.15) is 48.6 Å². The van der Waals surface area contributed by atoms with E-state index in [1.807, 2.05) is 19.3 Å². The molecule has 20 heavy (non-hydrogen) atoms. The SMILES string of the molecule is Cc1cncc(C(Cc2nc(C(C)(C)C)cs2)NN)c1. The van der Waals surface area contributed by atoms with Gasteiger partial charge in [-0.15, -0.1) is 11.3 Å². The van der Waals surface area contributed by atoms with Gasteiger partial charge in [0.1, 0.15) is 0 Å². The summed E-state index contributed by atoms with van der Waals surface area (Å²) in [5.41, 5.74) is 6.33. The molecule has 0 radical (unpaired) electrons. The quantitative estimate of drug-likeness (QED) is 0.671. The maximum atomic E-state index is 5.69. The topological polar surface area (TPSA) is 63.8 Å². The zero-order valence-corrected chi connectivity index (χ0v) is 13.3. The summed E-state index contributed by atoms with van der Waals surface area (Å²) in [6.45, 7) is 8.56. The summed E-state index contributed by atoms with van der Waals surface area (Å²) in [6.07, 6.45) is 4.48. The molecule has 0 saturated heterocycles. The fourth-order valence-electron chi connectivity index (χ4n) is 1.97. The molecule has 2 aromatic rings. The first-order valence-electron chi connectivity index (χ1n) is 6.72. The third kappa shape index (κ3) is 3.62. The predicted octanol–water partition coefficient (Wildman–Crippen LogP) is 2.89. The van der Waals surface area contributed by atoms with E-state index < -0.39 is 0 Å². The van der Waals surface area contributed by atoms with Crippen LogP contribution in [0.25, 0.3) is 0 Å². The van der Waals surface area contributed by atoms with Crippen molar-refractivity contribution in [3.05, 3.63) is 45.7 Å². The Morgan fingerprint density at radius 3 is 2.65 bits per heavy atom. The Kier molecular flexibility index (Phi) is 4.52. The standard InChI is InChI=1S/C15H22N4S/c1-10-5-11(8-17-7-10)12(19-16)6-14-18-13(9-20-14)15(2,3)4/h5,7-9,12,19H,6,16H2,1-4H3. The Balaban J connectivity index is 2.16. The molecular weight excluding hydrogens is 268 g/mol. The number of rotatable bonds is 4. The largest absolute Gasteiger partial charge is 0.271 e. The van der Waals surface area contributed by atoms with Crippen LogP contribution in [0, 0.1) is 6.92 Å². The number of hydrazine groups is 1. The van der Waals surface area contributed by atoms with Crippen LogP contribution in [0.4, 0.5) is 0 Å². The van der Waals surface area contributed by atoms with E-state index in [1.165, 1.54) is 0 Å². The van der Waals surface area contributed by atoms with Crippen molar-refractivity contribution in [1.82, 2.24) is 15.4 Å². The van der Waals surface area contributed by atoms with Crippen molar-refractivity contribution in [2.24, 2.45) is 5.84 Å². The lowest BCUT2D eigenvalue weighted by atomic mass is 9.93. The van der Waals surface area contributed by atoms with Crippen LogP contribution < -0.4 is 11.3 Å². The minimum atomic E-state index is 0.0429. The number of nitrogens with zero attached hydrogens (tertiary/aromatic N) is 2. The highest BCUT2D eigenvalue weighted by atomic mass is 32.1. The van der Waals surface area contributed by atoms with Gasteiger partial charge < -0.3 is 0 Å². The monoisotopic (exact) mass is 290 g/mol. The van der Waals surface area contributed by atoms with E-state index in [0.29, 0.717) is 0 Å². The van der Waals surface area contributed by atoms with Gasteiger partial charge in [-0.2, -0.15) is 0 Å². The molecule has 0 aliphatic carbocycles. The highest BCUT2D eigenvalue weighted by molar-refractivity contribution is 7.09. The maximum absolute atomic E-state index is 5.69. The van der Waals surface area contributed by atoms with Crippen molar-refractivity contribution in [3.63, 3.8) is 0 Å². The molecule has 0 amide bonds. The zero-order valence-electron chi connectivity index (χ0n) is 12.5. The summed E-state index contributed by atoms with van der Waals surface area (Å²) >= 11 is 1.69.